The van der Waals surface area contributed by atoms with E-state index in [-0.39, 0.29) is 12.5 Å². The normalized spacial score (nSPS) is 10.7. The molecule has 0 saturated carbocycles. The molecule has 0 aromatic carbocycles. The van der Waals surface area contributed by atoms with Crippen molar-refractivity contribution in [2.45, 2.75) is 26.3 Å². The molecular formula is C11H15N5O2. The Hall–Kier alpha value is -2.18. The van der Waals surface area contributed by atoms with Crippen LogP contribution in [0.25, 0.3) is 11.2 Å². The number of nitrogens with zero attached hydrogens (tertiary/aromatic N) is 4. The standard InChI is InChI=1S/C11H15N5O2/c1-2-3-4-18-8(17)5-16-7-15-9-10(12)13-6-14-11(9)16/h6-7H,2-5H2,1H3,(H2,12,13,14). The molecule has 0 saturated heterocycles. The van der Waals surface area contributed by atoms with Gasteiger partial charge in [-0.25, -0.2) is 15.0 Å². The lowest BCUT2D eigenvalue weighted by Gasteiger charge is -2.05. The molecule has 0 aliphatic rings. The number of anilines is 1. The Morgan fingerprint density at radius 3 is 3.06 bits per heavy atom. The largest absolute Gasteiger partial charge is 0.464 e. The predicted molar refractivity (Wildman–Crippen MR) is 65.6 cm³/mol. The van der Waals surface area contributed by atoms with Gasteiger partial charge in [-0.3, -0.25) is 4.79 Å². The molecule has 18 heavy (non-hydrogen) atoms. The van der Waals surface area contributed by atoms with Crippen molar-refractivity contribution in [3.05, 3.63) is 12.7 Å². The summed E-state index contributed by atoms with van der Waals surface area (Å²) in [6.07, 6.45) is 4.71. The molecule has 2 N–H and O–H groups in total. The minimum Gasteiger partial charge on any atom is -0.464 e. The first kappa shape index (κ1) is 12.3. The topological polar surface area (TPSA) is 95.9 Å². The minimum atomic E-state index is -0.306. The van der Waals surface area contributed by atoms with Gasteiger partial charge >= 0.3 is 5.97 Å². The van der Waals surface area contributed by atoms with Crippen LogP contribution in [0, 0.1) is 0 Å². The van der Waals surface area contributed by atoms with E-state index in [1.807, 2.05) is 6.92 Å². The Kier molecular flexibility index (Phi) is 3.71. The number of imidazole rings is 1. The van der Waals surface area contributed by atoms with Gasteiger partial charge in [0.2, 0.25) is 0 Å². The molecule has 0 radical (unpaired) electrons. The first-order valence-corrected chi connectivity index (χ1v) is 5.79. The second-order valence-corrected chi connectivity index (χ2v) is 3.88. The van der Waals surface area contributed by atoms with Crippen LogP contribution in [0.5, 0.6) is 0 Å². The zero-order valence-corrected chi connectivity index (χ0v) is 10.2. The molecule has 0 atom stereocenters. The Morgan fingerprint density at radius 1 is 1.44 bits per heavy atom. The highest BCUT2D eigenvalue weighted by Crippen LogP contribution is 2.13. The van der Waals surface area contributed by atoms with Crippen molar-refractivity contribution < 1.29 is 9.53 Å². The number of unbranched alkanes of at least 4 members (excludes halogenated alkanes) is 1. The minimum absolute atomic E-state index is 0.0800. The molecular weight excluding hydrogens is 234 g/mol. The number of nitrogen functional groups attached to an aromatic ring is 1. The molecule has 0 unspecified atom stereocenters. The van der Waals surface area contributed by atoms with E-state index in [2.05, 4.69) is 15.0 Å². The Morgan fingerprint density at radius 2 is 2.28 bits per heavy atom. The summed E-state index contributed by atoms with van der Waals surface area (Å²) in [6.45, 7) is 2.56. The number of fused-ring (bicyclic) bond motifs is 1. The van der Waals surface area contributed by atoms with E-state index in [0.717, 1.165) is 12.8 Å². The highest BCUT2D eigenvalue weighted by atomic mass is 16.5. The first-order valence-electron chi connectivity index (χ1n) is 5.79. The van der Waals surface area contributed by atoms with Crippen LogP contribution in [-0.2, 0) is 16.1 Å². The number of aromatic nitrogens is 4. The zero-order valence-electron chi connectivity index (χ0n) is 10.2. The molecule has 7 heteroatoms. The number of ether oxygens (including phenoxy) is 1. The van der Waals surface area contributed by atoms with Crippen molar-refractivity contribution in [3.63, 3.8) is 0 Å². The van der Waals surface area contributed by atoms with Gasteiger partial charge in [0.25, 0.3) is 0 Å². The Labute approximate surface area is 104 Å². The van der Waals surface area contributed by atoms with E-state index >= 15 is 0 Å². The summed E-state index contributed by atoms with van der Waals surface area (Å²) in [5.41, 5.74) is 6.69. The van der Waals surface area contributed by atoms with Crippen molar-refractivity contribution in [3.8, 4) is 0 Å². The maximum absolute atomic E-state index is 11.6. The third-order valence-corrected chi connectivity index (χ3v) is 2.49. The molecule has 2 aromatic rings. The van der Waals surface area contributed by atoms with Crippen LogP contribution in [-0.4, -0.2) is 32.1 Å². The number of nitrogens with two attached hydrogens (primary N) is 1. The van der Waals surface area contributed by atoms with Crippen LogP contribution in [0.2, 0.25) is 0 Å². The second kappa shape index (κ2) is 5.44. The van der Waals surface area contributed by atoms with Gasteiger partial charge in [-0.2, -0.15) is 0 Å². The summed E-state index contributed by atoms with van der Waals surface area (Å²) in [5, 5.41) is 0. The number of carbonyl (C=O) groups is 1. The molecule has 2 aromatic heterocycles. The molecule has 2 heterocycles. The number of esters is 1. The van der Waals surface area contributed by atoms with Crippen LogP contribution >= 0.6 is 0 Å². The van der Waals surface area contributed by atoms with Crippen molar-refractivity contribution in [2.24, 2.45) is 0 Å². The van der Waals surface area contributed by atoms with Gasteiger partial charge in [0.05, 0.1) is 12.9 Å². The van der Waals surface area contributed by atoms with Crippen LogP contribution in [0.15, 0.2) is 12.7 Å². The van der Waals surface area contributed by atoms with E-state index < -0.39 is 0 Å². The fraction of sp³-hybridized carbons (Fsp3) is 0.455. The lowest BCUT2D eigenvalue weighted by molar-refractivity contribution is -0.144. The highest BCUT2D eigenvalue weighted by molar-refractivity contribution is 5.82. The smallest absolute Gasteiger partial charge is 0.326 e. The summed E-state index contributed by atoms with van der Waals surface area (Å²) in [5.74, 6) is -0.00182. The highest BCUT2D eigenvalue weighted by Gasteiger charge is 2.11. The monoisotopic (exact) mass is 249 g/mol. The van der Waals surface area contributed by atoms with E-state index in [1.54, 1.807) is 4.57 Å². The molecule has 7 nitrogen and oxygen atoms in total. The lowest BCUT2D eigenvalue weighted by atomic mass is 10.4. The molecule has 0 fully saturated rings. The van der Waals surface area contributed by atoms with Gasteiger partial charge in [0.15, 0.2) is 11.5 Å². The Bertz CT molecular complexity index is 551. The molecule has 96 valence electrons. The van der Waals surface area contributed by atoms with Gasteiger partial charge in [-0.15, -0.1) is 0 Å². The second-order valence-electron chi connectivity index (χ2n) is 3.88. The van der Waals surface area contributed by atoms with Crippen molar-refractivity contribution >= 4 is 23.0 Å². The third kappa shape index (κ3) is 2.55. The van der Waals surface area contributed by atoms with Crippen molar-refractivity contribution in [1.82, 2.24) is 19.5 Å². The molecule has 2 rings (SSSR count). The molecule has 0 aliphatic carbocycles. The number of rotatable bonds is 5. The molecule has 0 amide bonds. The predicted octanol–water partition coefficient (Wildman–Crippen LogP) is 0.752. The van der Waals surface area contributed by atoms with Crippen LogP contribution in [0.3, 0.4) is 0 Å². The first-order chi connectivity index (χ1) is 8.72. The summed E-state index contributed by atoms with van der Waals surface area (Å²) < 4.78 is 6.67. The zero-order chi connectivity index (χ0) is 13.0. The van der Waals surface area contributed by atoms with Crippen molar-refractivity contribution in [1.29, 1.82) is 0 Å². The fourth-order valence-electron chi connectivity index (χ4n) is 1.53. The third-order valence-electron chi connectivity index (χ3n) is 2.49. The lowest BCUT2D eigenvalue weighted by Crippen LogP contribution is -2.14. The van der Waals surface area contributed by atoms with Gasteiger partial charge in [0, 0.05) is 0 Å². The van der Waals surface area contributed by atoms with Crippen LogP contribution in [0.4, 0.5) is 5.82 Å². The average Bonchev–Trinajstić information content (AvgIpc) is 2.74. The quantitative estimate of drug-likeness (QED) is 0.620. The van der Waals surface area contributed by atoms with Gasteiger partial charge in [0.1, 0.15) is 18.4 Å². The van der Waals surface area contributed by atoms with E-state index in [4.69, 9.17) is 10.5 Å². The van der Waals surface area contributed by atoms with Crippen LogP contribution < -0.4 is 5.73 Å². The number of hydrogen-bond donors (Lipinski definition) is 1. The maximum atomic E-state index is 11.6. The summed E-state index contributed by atoms with van der Waals surface area (Å²) in [4.78, 5) is 23.5. The number of carbonyl (C=O) groups excluding carboxylic acids is 1. The van der Waals surface area contributed by atoms with E-state index in [1.165, 1.54) is 12.7 Å². The molecule has 0 aliphatic heterocycles. The summed E-state index contributed by atoms with van der Waals surface area (Å²) in [6, 6.07) is 0. The summed E-state index contributed by atoms with van der Waals surface area (Å²) >= 11 is 0. The Balaban J connectivity index is 2.08. The number of hydrogen-bond acceptors (Lipinski definition) is 6. The molecule has 0 bridgehead atoms. The average molecular weight is 249 g/mol. The van der Waals surface area contributed by atoms with E-state index in [0.29, 0.717) is 23.6 Å². The van der Waals surface area contributed by atoms with Crippen molar-refractivity contribution in [2.75, 3.05) is 12.3 Å². The van der Waals surface area contributed by atoms with E-state index in [9.17, 15) is 4.79 Å². The van der Waals surface area contributed by atoms with Gasteiger partial charge < -0.3 is 15.0 Å². The van der Waals surface area contributed by atoms with Gasteiger partial charge in [-0.1, -0.05) is 13.3 Å². The fourth-order valence-corrected chi connectivity index (χ4v) is 1.53. The van der Waals surface area contributed by atoms with Gasteiger partial charge in [-0.05, 0) is 6.42 Å². The SMILES string of the molecule is CCCCOC(=O)Cn1cnc2c(N)ncnc21. The molecule has 0 spiro atoms. The van der Waals surface area contributed by atoms with Crippen LogP contribution in [0.1, 0.15) is 19.8 Å². The summed E-state index contributed by atoms with van der Waals surface area (Å²) in [7, 11) is 0. The maximum Gasteiger partial charge on any atom is 0.326 e.